The number of benzene rings is 2. The molecule has 0 saturated heterocycles. The van der Waals surface area contributed by atoms with Crippen LogP contribution in [0, 0.1) is 0 Å². The highest BCUT2D eigenvalue weighted by atomic mass is 79.9. The minimum absolute atomic E-state index is 0.0589. The fourth-order valence-corrected chi connectivity index (χ4v) is 2.52. The third kappa shape index (κ3) is 2.20. The summed E-state index contributed by atoms with van der Waals surface area (Å²) in [6.45, 7) is 0. The van der Waals surface area contributed by atoms with Crippen molar-refractivity contribution in [3.05, 3.63) is 58.8 Å². The molecule has 3 aromatic rings. The van der Waals surface area contributed by atoms with Gasteiger partial charge in [0.05, 0.1) is 22.9 Å². The lowest BCUT2D eigenvalue weighted by molar-refractivity contribution is 0.0992. The quantitative estimate of drug-likeness (QED) is 0.780. The van der Waals surface area contributed by atoms with Gasteiger partial charge in [0.1, 0.15) is 0 Å². The monoisotopic (exact) mass is 329 g/mol. The van der Waals surface area contributed by atoms with Gasteiger partial charge in [-0.3, -0.25) is 4.79 Å². The van der Waals surface area contributed by atoms with Crippen LogP contribution in [-0.4, -0.2) is 22.9 Å². The predicted molar refractivity (Wildman–Crippen MR) is 83.0 cm³/mol. The molecule has 0 aliphatic carbocycles. The number of hydrogen-bond acceptors (Lipinski definition) is 2. The molecule has 4 nitrogen and oxygen atoms in total. The molecule has 3 rings (SSSR count). The second kappa shape index (κ2) is 5.09. The first kappa shape index (κ1) is 12.9. The number of anilines is 1. The maximum Gasteiger partial charge on any atom is 0.259 e. The highest BCUT2D eigenvalue weighted by molar-refractivity contribution is 9.10. The zero-order valence-corrected chi connectivity index (χ0v) is 12.4. The Balaban J connectivity index is 1.97. The number of amides is 1. The summed E-state index contributed by atoms with van der Waals surface area (Å²) < 4.78 is 0.791. The lowest BCUT2D eigenvalue weighted by atomic mass is 10.2. The summed E-state index contributed by atoms with van der Waals surface area (Å²) in [5, 5.41) is 0. The molecule has 100 valence electrons. The fraction of sp³-hybridized carbons (Fsp3) is 0.0667. The van der Waals surface area contributed by atoms with Crippen LogP contribution in [0.1, 0.15) is 10.4 Å². The first-order valence-electron chi connectivity index (χ1n) is 6.12. The third-order valence-corrected chi connectivity index (χ3v) is 3.89. The molecule has 1 amide bonds. The number of hydrogen-bond donors (Lipinski definition) is 1. The maximum absolute atomic E-state index is 12.5. The lowest BCUT2D eigenvalue weighted by Crippen LogP contribution is -2.26. The van der Waals surface area contributed by atoms with E-state index < -0.39 is 0 Å². The van der Waals surface area contributed by atoms with E-state index in [1.165, 1.54) is 0 Å². The van der Waals surface area contributed by atoms with Crippen molar-refractivity contribution in [1.82, 2.24) is 9.97 Å². The van der Waals surface area contributed by atoms with Crippen molar-refractivity contribution < 1.29 is 4.79 Å². The van der Waals surface area contributed by atoms with Crippen LogP contribution in [0.3, 0.4) is 0 Å². The van der Waals surface area contributed by atoms with Gasteiger partial charge in [-0.05, 0) is 46.3 Å². The smallest absolute Gasteiger partial charge is 0.259 e. The van der Waals surface area contributed by atoms with Crippen LogP contribution in [0.5, 0.6) is 0 Å². The van der Waals surface area contributed by atoms with Gasteiger partial charge in [-0.1, -0.05) is 12.1 Å². The van der Waals surface area contributed by atoms with Crippen LogP contribution in [0.25, 0.3) is 11.0 Å². The standard InChI is InChI=1S/C15H12BrN3O/c1-19(15(20)11-4-2-3-5-12(11)16)10-6-7-13-14(8-10)18-9-17-13/h2-9H,1H3,(H,17,18). The fourth-order valence-electron chi connectivity index (χ4n) is 2.06. The first-order valence-corrected chi connectivity index (χ1v) is 6.92. The number of imidazole rings is 1. The van der Waals surface area contributed by atoms with Gasteiger partial charge in [0.15, 0.2) is 0 Å². The number of carbonyl (C=O) groups is 1. The van der Waals surface area contributed by atoms with E-state index >= 15 is 0 Å². The van der Waals surface area contributed by atoms with Gasteiger partial charge in [-0.25, -0.2) is 4.98 Å². The lowest BCUT2D eigenvalue weighted by Gasteiger charge is -2.18. The molecule has 0 saturated carbocycles. The number of fused-ring (bicyclic) bond motifs is 1. The molecule has 0 unspecified atom stereocenters. The summed E-state index contributed by atoms with van der Waals surface area (Å²) in [5.74, 6) is -0.0589. The van der Waals surface area contributed by atoms with Crippen LogP contribution in [0.4, 0.5) is 5.69 Å². The van der Waals surface area contributed by atoms with Crippen molar-refractivity contribution in [2.75, 3.05) is 11.9 Å². The van der Waals surface area contributed by atoms with Gasteiger partial charge in [0, 0.05) is 17.2 Å². The zero-order valence-electron chi connectivity index (χ0n) is 10.8. The largest absolute Gasteiger partial charge is 0.345 e. The number of nitrogens with zero attached hydrogens (tertiary/aromatic N) is 2. The minimum atomic E-state index is -0.0589. The number of rotatable bonds is 2. The zero-order chi connectivity index (χ0) is 14.1. The molecule has 0 bridgehead atoms. The third-order valence-electron chi connectivity index (χ3n) is 3.20. The predicted octanol–water partition coefficient (Wildman–Crippen LogP) is 3.60. The van der Waals surface area contributed by atoms with Gasteiger partial charge >= 0.3 is 0 Å². The molecule has 0 aliphatic heterocycles. The highest BCUT2D eigenvalue weighted by Crippen LogP contribution is 2.23. The summed E-state index contributed by atoms with van der Waals surface area (Å²) in [4.78, 5) is 21.4. The average Bonchev–Trinajstić information content (AvgIpc) is 2.93. The van der Waals surface area contributed by atoms with Crippen molar-refractivity contribution in [3.63, 3.8) is 0 Å². The van der Waals surface area contributed by atoms with E-state index in [2.05, 4.69) is 25.9 Å². The number of aromatic nitrogens is 2. The second-order valence-corrected chi connectivity index (χ2v) is 5.30. The Hall–Kier alpha value is -2.14. The highest BCUT2D eigenvalue weighted by Gasteiger charge is 2.16. The van der Waals surface area contributed by atoms with Gasteiger partial charge < -0.3 is 9.88 Å². The van der Waals surface area contributed by atoms with E-state index in [9.17, 15) is 4.79 Å². The maximum atomic E-state index is 12.5. The molecule has 1 aromatic heterocycles. The van der Waals surface area contributed by atoms with E-state index in [0.717, 1.165) is 21.2 Å². The van der Waals surface area contributed by atoms with Crippen LogP contribution in [0.15, 0.2) is 53.3 Å². The van der Waals surface area contributed by atoms with Crippen LogP contribution in [-0.2, 0) is 0 Å². The van der Waals surface area contributed by atoms with Gasteiger partial charge in [-0.2, -0.15) is 0 Å². The minimum Gasteiger partial charge on any atom is -0.345 e. The normalized spacial score (nSPS) is 10.7. The topological polar surface area (TPSA) is 49.0 Å². The van der Waals surface area contributed by atoms with Gasteiger partial charge in [0.25, 0.3) is 5.91 Å². The van der Waals surface area contributed by atoms with Crippen molar-refractivity contribution in [3.8, 4) is 0 Å². The Morgan fingerprint density at radius 1 is 1.25 bits per heavy atom. The van der Waals surface area contributed by atoms with E-state index in [-0.39, 0.29) is 5.91 Å². The van der Waals surface area contributed by atoms with E-state index in [0.29, 0.717) is 5.56 Å². The van der Waals surface area contributed by atoms with Gasteiger partial charge in [0.2, 0.25) is 0 Å². The number of H-pyrrole nitrogens is 1. The molecule has 2 aromatic carbocycles. The molecular formula is C15H12BrN3O. The van der Waals surface area contributed by atoms with Crippen molar-refractivity contribution in [1.29, 1.82) is 0 Å². The SMILES string of the molecule is CN(C(=O)c1ccccc1Br)c1ccc2nc[nH]c2c1. The summed E-state index contributed by atoms with van der Waals surface area (Å²) in [6, 6.07) is 13.1. The summed E-state index contributed by atoms with van der Waals surface area (Å²) in [5.41, 5.74) is 3.26. The number of halogens is 1. The van der Waals surface area contributed by atoms with E-state index in [1.54, 1.807) is 24.3 Å². The molecule has 0 spiro atoms. The molecule has 0 fully saturated rings. The summed E-state index contributed by atoms with van der Waals surface area (Å²) >= 11 is 3.41. The van der Waals surface area contributed by atoms with Crippen LogP contribution >= 0.6 is 15.9 Å². The number of aromatic amines is 1. The molecule has 1 heterocycles. The Kier molecular flexibility index (Phi) is 3.28. The van der Waals surface area contributed by atoms with Crippen molar-refractivity contribution in [2.24, 2.45) is 0 Å². The molecule has 20 heavy (non-hydrogen) atoms. The molecule has 0 aliphatic rings. The van der Waals surface area contributed by atoms with Crippen LogP contribution in [0.2, 0.25) is 0 Å². The second-order valence-electron chi connectivity index (χ2n) is 4.45. The van der Waals surface area contributed by atoms with E-state index in [1.807, 2.05) is 36.4 Å². The Bertz CT molecular complexity index is 781. The number of nitrogens with one attached hydrogen (secondary N) is 1. The van der Waals surface area contributed by atoms with E-state index in [4.69, 9.17) is 0 Å². The molecule has 1 N–H and O–H groups in total. The van der Waals surface area contributed by atoms with Gasteiger partial charge in [-0.15, -0.1) is 0 Å². The Labute approximate surface area is 124 Å². The van der Waals surface area contributed by atoms with Crippen molar-refractivity contribution >= 4 is 38.6 Å². The summed E-state index contributed by atoms with van der Waals surface area (Å²) in [6.07, 6.45) is 1.64. The Morgan fingerprint density at radius 2 is 2.05 bits per heavy atom. The first-order chi connectivity index (χ1) is 9.66. The molecule has 0 radical (unpaired) electrons. The van der Waals surface area contributed by atoms with Crippen molar-refractivity contribution in [2.45, 2.75) is 0 Å². The number of carbonyl (C=O) groups excluding carboxylic acids is 1. The Morgan fingerprint density at radius 3 is 2.85 bits per heavy atom. The summed E-state index contributed by atoms with van der Waals surface area (Å²) in [7, 11) is 1.76. The molecule has 5 heteroatoms. The molecular weight excluding hydrogens is 318 g/mol. The molecule has 0 atom stereocenters. The van der Waals surface area contributed by atoms with Crippen LogP contribution < -0.4 is 4.90 Å². The average molecular weight is 330 g/mol.